The fourth-order valence-electron chi connectivity index (χ4n) is 2.01. The number of rotatable bonds is 3. The fraction of sp³-hybridized carbons (Fsp3) is 0.133. The zero-order valence-corrected chi connectivity index (χ0v) is 11.7. The van der Waals surface area contributed by atoms with Crippen molar-refractivity contribution in [2.24, 2.45) is 0 Å². The maximum Gasteiger partial charge on any atom is 0.339 e. The van der Waals surface area contributed by atoms with E-state index in [0.717, 1.165) is 11.0 Å². The van der Waals surface area contributed by atoms with Crippen molar-refractivity contribution in [1.82, 2.24) is 0 Å². The van der Waals surface area contributed by atoms with Crippen LogP contribution in [-0.4, -0.2) is 24.3 Å². The Bertz CT molecular complexity index is 702. The molecule has 0 saturated heterocycles. The van der Waals surface area contributed by atoms with Gasteiger partial charge in [0.1, 0.15) is 24.6 Å². The monoisotopic (exact) mass is 306 g/mol. The minimum atomic E-state index is -1.28. The van der Waals surface area contributed by atoms with Crippen molar-refractivity contribution in [3.63, 3.8) is 0 Å². The summed E-state index contributed by atoms with van der Waals surface area (Å²) in [5, 5.41) is 9.12. The fourth-order valence-corrected chi connectivity index (χ4v) is 3.00. The van der Waals surface area contributed by atoms with E-state index in [0.29, 0.717) is 29.6 Å². The van der Waals surface area contributed by atoms with E-state index in [2.05, 4.69) is 0 Å². The minimum absolute atomic E-state index is 0.322. The zero-order valence-electron chi connectivity index (χ0n) is 10.8. The summed E-state index contributed by atoms with van der Waals surface area (Å²) in [7, 11) is 0. The van der Waals surface area contributed by atoms with Gasteiger partial charge in [0.05, 0.1) is 0 Å². The number of hydrogen-bond donors (Lipinski definition) is 1. The van der Waals surface area contributed by atoms with E-state index >= 15 is 0 Å². The lowest BCUT2D eigenvalue weighted by atomic mass is 10.2. The number of carboxylic acids is 1. The third kappa shape index (κ3) is 2.80. The molecule has 2 aromatic carbocycles. The number of carboxylic acid groups (broad SMARTS) is 1. The Morgan fingerprint density at radius 1 is 1.14 bits per heavy atom. The summed E-state index contributed by atoms with van der Waals surface area (Å²) in [5.41, 5.74) is -0.322. The highest BCUT2D eigenvalue weighted by atomic mass is 32.2. The normalized spacial score (nSPS) is 13.0. The predicted octanol–water partition coefficient (Wildman–Crippen LogP) is 3.45. The molecule has 3 rings (SSSR count). The van der Waals surface area contributed by atoms with E-state index in [4.69, 9.17) is 14.6 Å². The third-order valence-corrected chi connectivity index (χ3v) is 3.98. The Kier molecular flexibility index (Phi) is 3.70. The number of fused-ring (bicyclic) bond motifs is 1. The summed E-state index contributed by atoms with van der Waals surface area (Å²) in [6.07, 6.45) is 0. The molecule has 21 heavy (non-hydrogen) atoms. The van der Waals surface area contributed by atoms with Crippen molar-refractivity contribution >= 4 is 17.7 Å². The van der Waals surface area contributed by atoms with Gasteiger partial charge < -0.3 is 14.6 Å². The topological polar surface area (TPSA) is 55.8 Å². The first-order chi connectivity index (χ1) is 10.1. The van der Waals surface area contributed by atoms with Crippen molar-refractivity contribution in [1.29, 1.82) is 0 Å². The summed E-state index contributed by atoms with van der Waals surface area (Å²) < 4.78 is 24.5. The van der Waals surface area contributed by atoms with E-state index < -0.39 is 11.8 Å². The predicted molar refractivity (Wildman–Crippen MR) is 74.9 cm³/mol. The summed E-state index contributed by atoms with van der Waals surface area (Å²) >= 11 is 1.17. The van der Waals surface area contributed by atoms with Gasteiger partial charge in [0, 0.05) is 9.79 Å². The van der Waals surface area contributed by atoms with Crippen molar-refractivity contribution in [2.75, 3.05) is 13.2 Å². The van der Waals surface area contributed by atoms with Crippen molar-refractivity contribution in [3.05, 3.63) is 47.8 Å². The van der Waals surface area contributed by atoms with Gasteiger partial charge in [-0.05, 0) is 30.3 Å². The first-order valence-corrected chi connectivity index (χ1v) is 7.06. The van der Waals surface area contributed by atoms with Crippen molar-refractivity contribution in [3.8, 4) is 11.5 Å². The molecule has 4 nitrogen and oxygen atoms in total. The molecule has 0 unspecified atom stereocenters. The van der Waals surface area contributed by atoms with Gasteiger partial charge in [0.15, 0.2) is 11.5 Å². The van der Waals surface area contributed by atoms with E-state index in [-0.39, 0.29) is 5.56 Å². The first kappa shape index (κ1) is 13.8. The smallest absolute Gasteiger partial charge is 0.339 e. The molecule has 0 fully saturated rings. The highest BCUT2D eigenvalue weighted by Crippen LogP contribution is 2.38. The van der Waals surface area contributed by atoms with Crippen LogP contribution >= 0.6 is 11.8 Å². The maximum atomic E-state index is 13.6. The number of ether oxygens (including phenoxy) is 2. The minimum Gasteiger partial charge on any atom is -0.486 e. The zero-order chi connectivity index (χ0) is 14.8. The summed E-state index contributed by atoms with van der Waals surface area (Å²) in [6.45, 7) is 0.980. The molecule has 1 aliphatic rings. The largest absolute Gasteiger partial charge is 0.486 e. The third-order valence-electron chi connectivity index (χ3n) is 2.93. The molecule has 0 atom stereocenters. The number of carbonyl (C=O) groups is 1. The van der Waals surface area contributed by atoms with Gasteiger partial charge in [-0.2, -0.15) is 0 Å². The van der Waals surface area contributed by atoms with E-state index in [1.54, 1.807) is 24.3 Å². The van der Waals surface area contributed by atoms with Gasteiger partial charge in [-0.3, -0.25) is 0 Å². The molecule has 0 saturated carbocycles. The van der Waals surface area contributed by atoms with Crippen LogP contribution in [0.25, 0.3) is 0 Å². The average Bonchev–Trinajstić information content (AvgIpc) is 2.47. The molecule has 0 bridgehead atoms. The highest BCUT2D eigenvalue weighted by molar-refractivity contribution is 7.99. The van der Waals surface area contributed by atoms with Crippen LogP contribution < -0.4 is 9.47 Å². The highest BCUT2D eigenvalue weighted by Gasteiger charge is 2.18. The lowest BCUT2D eigenvalue weighted by molar-refractivity contribution is 0.0688. The molecule has 2 aromatic rings. The van der Waals surface area contributed by atoms with Crippen LogP contribution in [0.1, 0.15) is 10.4 Å². The average molecular weight is 306 g/mol. The number of halogens is 1. The molecule has 0 aromatic heterocycles. The Labute approximate surface area is 124 Å². The van der Waals surface area contributed by atoms with Crippen LogP contribution in [0.4, 0.5) is 4.39 Å². The molecule has 0 amide bonds. The van der Waals surface area contributed by atoms with Crippen LogP contribution in [0.2, 0.25) is 0 Å². The molecule has 0 aliphatic carbocycles. The molecule has 108 valence electrons. The second-order valence-electron chi connectivity index (χ2n) is 4.33. The van der Waals surface area contributed by atoms with Crippen molar-refractivity contribution < 1.29 is 23.8 Å². The van der Waals surface area contributed by atoms with Gasteiger partial charge in [0.25, 0.3) is 0 Å². The molecular weight excluding hydrogens is 295 g/mol. The molecule has 1 aliphatic heterocycles. The molecule has 1 N–H and O–H groups in total. The quantitative estimate of drug-likeness (QED) is 0.941. The van der Waals surface area contributed by atoms with Crippen molar-refractivity contribution in [2.45, 2.75) is 9.79 Å². The lowest BCUT2D eigenvalue weighted by Gasteiger charge is -2.18. The molecular formula is C15H11FO4S. The number of benzene rings is 2. The Hall–Kier alpha value is -2.21. The Morgan fingerprint density at radius 3 is 2.67 bits per heavy atom. The molecule has 1 heterocycles. The van der Waals surface area contributed by atoms with Crippen LogP contribution in [0.5, 0.6) is 11.5 Å². The molecule has 0 radical (unpaired) electrons. The number of hydrogen-bond acceptors (Lipinski definition) is 4. The molecule has 6 heteroatoms. The van der Waals surface area contributed by atoms with Gasteiger partial charge in [-0.1, -0.05) is 17.8 Å². The van der Waals surface area contributed by atoms with E-state index in [9.17, 15) is 9.18 Å². The maximum absolute atomic E-state index is 13.6. The van der Waals surface area contributed by atoms with Crippen LogP contribution in [0.3, 0.4) is 0 Å². The standard InChI is InChI=1S/C15H11FO4S/c16-10-2-1-3-13(14(10)15(17)18)21-9-4-5-11-12(8-9)20-7-6-19-11/h1-5,8H,6-7H2,(H,17,18). The number of aromatic carboxylic acids is 1. The van der Waals surface area contributed by atoms with Crippen LogP contribution in [0, 0.1) is 5.82 Å². The van der Waals surface area contributed by atoms with Crippen LogP contribution in [-0.2, 0) is 0 Å². The summed E-state index contributed by atoms with van der Waals surface area (Å²) in [5.74, 6) is -0.763. The van der Waals surface area contributed by atoms with Gasteiger partial charge in [-0.15, -0.1) is 0 Å². The summed E-state index contributed by atoms with van der Waals surface area (Å²) in [6, 6.07) is 9.51. The van der Waals surface area contributed by atoms with Crippen LogP contribution in [0.15, 0.2) is 46.2 Å². The van der Waals surface area contributed by atoms with Gasteiger partial charge >= 0.3 is 5.97 Å². The SMILES string of the molecule is O=C(O)c1c(F)cccc1Sc1ccc2c(c1)OCCO2. The second kappa shape index (κ2) is 5.65. The Balaban J connectivity index is 1.94. The van der Waals surface area contributed by atoms with E-state index in [1.807, 2.05) is 0 Å². The van der Waals surface area contributed by atoms with Gasteiger partial charge in [0.2, 0.25) is 0 Å². The Morgan fingerprint density at radius 2 is 1.90 bits per heavy atom. The second-order valence-corrected chi connectivity index (χ2v) is 5.44. The van der Waals surface area contributed by atoms with Gasteiger partial charge in [-0.25, -0.2) is 9.18 Å². The molecule has 0 spiro atoms. The first-order valence-electron chi connectivity index (χ1n) is 6.24. The van der Waals surface area contributed by atoms with E-state index in [1.165, 1.54) is 17.8 Å². The lowest BCUT2D eigenvalue weighted by Crippen LogP contribution is -2.15. The summed E-state index contributed by atoms with van der Waals surface area (Å²) in [4.78, 5) is 12.3.